The molecule has 1 fully saturated rings. The van der Waals surface area contributed by atoms with Gasteiger partial charge < -0.3 is 11.1 Å². The van der Waals surface area contributed by atoms with Gasteiger partial charge in [0, 0.05) is 37.0 Å². The van der Waals surface area contributed by atoms with Crippen molar-refractivity contribution in [1.82, 2.24) is 14.9 Å². The summed E-state index contributed by atoms with van der Waals surface area (Å²) in [4.78, 5) is 18.3. The normalized spacial score (nSPS) is 21.8. The van der Waals surface area contributed by atoms with E-state index in [0.717, 1.165) is 19.1 Å². The molecule has 0 atom stereocenters. The molecular formula is C18H29N5O3S. The van der Waals surface area contributed by atoms with Gasteiger partial charge in [-0.2, -0.15) is 0 Å². The molecule has 8 nitrogen and oxygen atoms in total. The highest BCUT2D eigenvalue weighted by molar-refractivity contribution is 7.88. The second kappa shape index (κ2) is 9.70. The van der Waals surface area contributed by atoms with Crippen LogP contribution in [-0.2, 0) is 14.8 Å². The summed E-state index contributed by atoms with van der Waals surface area (Å²) < 4.78 is 24.8. The second-order valence-corrected chi connectivity index (χ2v) is 8.66. The molecule has 27 heavy (non-hydrogen) atoms. The van der Waals surface area contributed by atoms with Crippen LogP contribution in [0.25, 0.3) is 0 Å². The molecule has 0 saturated heterocycles. The molecule has 1 aliphatic carbocycles. The lowest BCUT2D eigenvalue weighted by Gasteiger charge is -2.28. The summed E-state index contributed by atoms with van der Waals surface area (Å²) in [7, 11) is -3.26. The first kappa shape index (κ1) is 21.2. The van der Waals surface area contributed by atoms with E-state index < -0.39 is 10.0 Å². The van der Waals surface area contributed by atoms with Gasteiger partial charge >= 0.3 is 0 Å². The molecule has 0 aromatic rings. The Labute approximate surface area is 161 Å². The number of sulfonamides is 1. The summed E-state index contributed by atoms with van der Waals surface area (Å²) in [5, 5.41) is 3.33. The molecule has 1 aliphatic heterocycles. The molecule has 1 heterocycles. The number of hydrogen-bond donors (Lipinski definition) is 3. The van der Waals surface area contributed by atoms with E-state index in [4.69, 9.17) is 5.73 Å². The zero-order valence-electron chi connectivity index (χ0n) is 15.8. The minimum Gasteiger partial charge on any atom is -0.404 e. The van der Waals surface area contributed by atoms with Crippen LogP contribution >= 0.6 is 0 Å². The Morgan fingerprint density at radius 2 is 2.07 bits per heavy atom. The molecular weight excluding hydrogens is 366 g/mol. The standard InChI is InChI=1S/C18H29N5O3S/c1-14(21-16-7-4-3-5-8-16)22-18-15(13-19)9-10-17(24)23(18)12-6-11-20-27(2,25)26/h9-10,13,16,20-21H,1,3-8,11-12,19H2,2H3/b15-13-,22-18+. The van der Waals surface area contributed by atoms with Gasteiger partial charge in [-0.3, -0.25) is 9.69 Å². The highest BCUT2D eigenvalue weighted by Gasteiger charge is 2.24. The third-order valence-corrected chi connectivity index (χ3v) is 5.23. The van der Waals surface area contributed by atoms with Gasteiger partial charge in [-0.15, -0.1) is 0 Å². The lowest BCUT2D eigenvalue weighted by atomic mass is 9.96. The van der Waals surface area contributed by atoms with E-state index in [2.05, 4.69) is 21.6 Å². The number of amides is 1. The summed E-state index contributed by atoms with van der Waals surface area (Å²) in [6, 6.07) is 0.350. The van der Waals surface area contributed by atoms with Crippen molar-refractivity contribution in [2.24, 2.45) is 10.7 Å². The van der Waals surface area contributed by atoms with Crippen molar-refractivity contribution in [3.8, 4) is 0 Å². The number of amidine groups is 1. The molecule has 0 unspecified atom stereocenters. The highest BCUT2D eigenvalue weighted by Crippen LogP contribution is 2.19. The van der Waals surface area contributed by atoms with Crippen LogP contribution in [0, 0.1) is 0 Å². The van der Waals surface area contributed by atoms with E-state index in [1.807, 2.05) is 0 Å². The second-order valence-electron chi connectivity index (χ2n) is 6.83. The maximum Gasteiger partial charge on any atom is 0.252 e. The van der Waals surface area contributed by atoms with Gasteiger partial charge in [-0.05, 0) is 25.3 Å². The molecule has 0 spiro atoms. The van der Waals surface area contributed by atoms with Crippen LogP contribution in [0.1, 0.15) is 38.5 Å². The Morgan fingerprint density at radius 3 is 2.70 bits per heavy atom. The van der Waals surface area contributed by atoms with Gasteiger partial charge in [0.25, 0.3) is 5.91 Å². The molecule has 2 aliphatic rings. The lowest BCUT2D eigenvalue weighted by molar-refractivity contribution is -0.122. The fourth-order valence-electron chi connectivity index (χ4n) is 3.19. The SMILES string of the molecule is C=C(/N=C1\C(=C/N)C=CC(=O)N1CCCNS(C)(=O)=O)NC1CCCCC1. The summed E-state index contributed by atoms with van der Waals surface area (Å²) >= 11 is 0. The molecule has 1 amide bonds. The van der Waals surface area contributed by atoms with E-state index in [1.165, 1.54) is 36.4 Å². The Kier molecular flexibility index (Phi) is 7.61. The third kappa shape index (κ3) is 6.84. The lowest BCUT2D eigenvalue weighted by Crippen LogP contribution is -2.42. The maximum absolute atomic E-state index is 12.3. The summed E-state index contributed by atoms with van der Waals surface area (Å²) in [5.74, 6) is 0.709. The minimum atomic E-state index is -3.26. The van der Waals surface area contributed by atoms with Gasteiger partial charge in [0.1, 0.15) is 11.7 Å². The fraction of sp³-hybridized carbons (Fsp3) is 0.556. The van der Waals surface area contributed by atoms with Crippen LogP contribution in [-0.4, -0.2) is 50.4 Å². The molecule has 9 heteroatoms. The topological polar surface area (TPSA) is 117 Å². The molecule has 4 N–H and O–H groups in total. The first-order valence-electron chi connectivity index (χ1n) is 9.21. The van der Waals surface area contributed by atoms with E-state index in [-0.39, 0.29) is 12.5 Å². The first-order chi connectivity index (χ1) is 12.8. The van der Waals surface area contributed by atoms with Crippen molar-refractivity contribution in [2.75, 3.05) is 19.3 Å². The Balaban J connectivity index is 2.07. The number of aliphatic imine (C=N–C) groups is 1. The van der Waals surface area contributed by atoms with Gasteiger partial charge in [0.05, 0.1) is 6.26 Å². The highest BCUT2D eigenvalue weighted by atomic mass is 32.2. The fourth-order valence-corrected chi connectivity index (χ4v) is 3.71. The van der Waals surface area contributed by atoms with Crippen molar-refractivity contribution >= 4 is 21.8 Å². The van der Waals surface area contributed by atoms with Crippen LogP contribution < -0.4 is 15.8 Å². The number of carbonyl (C=O) groups is 1. The van der Waals surface area contributed by atoms with Crippen LogP contribution in [0.2, 0.25) is 0 Å². The van der Waals surface area contributed by atoms with Crippen molar-refractivity contribution in [2.45, 2.75) is 44.6 Å². The predicted molar refractivity (Wildman–Crippen MR) is 107 cm³/mol. The summed E-state index contributed by atoms with van der Waals surface area (Å²) in [6.45, 7) is 4.54. The van der Waals surface area contributed by atoms with Crippen molar-refractivity contribution in [3.63, 3.8) is 0 Å². The number of hydrogen-bond acceptors (Lipinski definition) is 6. The third-order valence-electron chi connectivity index (χ3n) is 4.50. The number of nitrogens with zero attached hydrogens (tertiary/aromatic N) is 2. The van der Waals surface area contributed by atoms with Crippen LogP contribution in [0.5, 0.6) is 0 Å². The van der Waals surface area contributed by atoms with E-state index in [9.17, 15) is 13.2 Å². The molecule has 0 radical (unpaired) electrons. The zero-order valence-corrected chi connectivity index (χ0v) is 16.6. The number of nitrogens with two attached hydrogens (primary N) is 1. The minimum absolute atomic E-state index is 0.218. The number of nitrogens with one attached hydrogen (secondary N) is 2. The van der Waals surface area contributed by atoms with E-state index in [0.29, 0.717) is 36.2 Å². The van der Waals surface area contributed by atoms with Gasteiger partial charge in [0.2, 0.25) is 10.0 Å². The number of rotatable bonds is 8. The van der Waals surface area contributed by atoms with Crippen LogP contribution in [0.3, 0.4) is 0 Å². The molecule has 0 bridgehead atoms. The summed E-state index contributed by atoms with van der Waals surface area (Å²) in [6.07, 6.45) is 11.8. The molecule has 150 valence electrons. The Hall–Kier alpha value is -2.13. The zero-order chi connectivity index (χ0) is 19.9. The summed E-state index contributed by atoms with van der Waals surface area (Å²) in [5.41, 5.74) is 6.32. The Morgan fingerprint density at radius 1 is 1.37 bits per heavy atom. The molecule has 0 aromatic carbocycles. The van der Waals surface area contributed by atoms with Gasteiger partial charge in [0.15, 0.2) is 0 Å². The Bertz CT molecular complexity index is 749. The van der Waals surface area contributed by atoms with Crippen molar-refractivity contribution in [3.05, 3.63) is 36.3 Å². The first-order valence-corrected chi connectivity index (χ1v) is 11.1. The maximum atomic E-state index is 12.3. The molecule has 2 rings (SSSR count). The number of carbonyl (C=O) groups excluding carboxylic acids is 1. The average Bonchev–Trinajstić information content (AvgIpc) is 2.60. The van der Waals surface area contributed by atoms with E-state index >= 15 is 0 Å². The largest absolute Gasteiger partial charge is 0.404 e. The van der Waals surface area contributed by atoms with Crippen LogP contribution in [0.15, 0.2) is 41.3 Å². The van der Waals surface area contributed by atoms with Gasteiger partial charge in [-0.25, -0.2) is 18.1 Å². The van der Waals surface area contributed by atoms with Crippen LogP contribution in [0.4, 0.5) is 0 Å². The van der Waals surface area contributed by atoms with Gasteiger partial charge in [-0.1, -0.05) is 25.8 Å². The van der Waals surface area contributed by atoms with Crippen molar-refractivity contribution in [1.29, 1.82) is 0 Å². The quantitative estimate of drug-likeness (QED) is 0.529. The smallest absolute Gasteiger partial charge is 0.252 e. The molecule has 0 aromatic heterocycles. The monoisotopic (exact) mass is 395 g/mol. The predicted octanol–water partition coefficient (Wildman–Crippen LogP) is 0.959. The van der Waals surface area contributed by atoms with E-state index in [1.54, 1.807) is 6.08 Å². The average molecular weight is 396 g/mol. The van der Waals surface area contributed by atoms with Crippen molar-refractivity contribution < 1.29 is 13.2 Å². The molecule has 1 saturated carbocycles.